The summed E-state index contributed by atoms with van der Waals surface area (Å²) >= 11 is 12.4. The van der Waals surface area contributed by atoms with Crippen LogP contribution in [0.1, 0.15) is 49.9 Å². The number of hydrogen-bond donors (Lipinski definition) is 1. The molecular formula is C30H26Cl2F2N8O2. The lowest BCUT2D eigenvalue weighted by Crippen LogP contribution is -2.22. The summed E-state index contributed by atoms with van der Waals surface area (Å²) in [4.78, 5) is 31.4. The summed E-state index contributed by atoms with van der Waals surface area (Å²) < 4.78 is 31.8. The first-order chi connectivity index (χ1) is 21.1. The van der Waals surface area contributed by atoms with Crippen LogP contribution in [0.4, 0.5) is 14.5 Å². The van der Waals surface area contributed by atoms with E-state index in [-0.39, 0.29) is 27.9 Å². The van der Waals surface area contributed by atoms with Crippen LogP contribution in [0.5, 0.6) is 0 Å². The average Bonchev–Trinajstić information content (AvgIpc) is 3.62. The molecule has 2 atom stereocenters. The predicted molar refractivity (Wildman–Crippen MR) is 162 cm³/mol. The van der Waals surface area contributed by atoms with E-state index in [1.165, 1.54) is 23.1 Å². The van der Waals surface area contributed by atoms with E-state index in [1.807, 2.05) is 11.6 Å². The van der Waals surface area contributed by atoms with Gasteiger partial charge in [0, 0.05) is 64.8 Å². The highest BCUT2D eigenvalue weighted by Crippen LogP contribution is 2.37. The second kappa shape index (κ2) is 11.9. The molecule has 1 aliphatic heterocycles. The SMILES string of the molecule is C[C@H]1CCCC(c2cn(C)c(-c3cc(Cl)ccc3-n3cc(Cl)nn3)cc2=O)c2cc(ccn2)-c2c(cnn2C(F)F)NC1=O. The zero-order valence-corrected chi connectivity index (χ0v) is 25.1. The van der Waals surface area contributed by atoms with E-state index in [2.05, 4.69) is 25.7 Å². The highest BCUT2D eigenvalue weighted by molar-refractivity contribution is 6.31. The van der Waals surface area contributed by atoms with Crippen molar-refractivity contribution in [3.05, 3.63) is 92.8 Å². The maximum absolute atomic E-state index is 14.0. The summed E-state index contributed by atoms with van der Waals surface area (Å²) in [6.45, 7) is -1.15. The first-order valence-corrected chi connectivity index (χ1v) is 14.6. The number of carbonyl (C=O) groups excluding carboxylic acids is 1. The Labute approximate surface area is 260 Å². The van der Waals surface area contributed by atoms with Crippen molar-refractivity contribution in [1.82, 2.24) is 34.3 Å². The molecule has 14 heteroatoms. The zero-order valence-electron chi connectivity index (χ0n) is 23.6. The van der Waals surface area contributed by atoms with Gasteiger partial charge < -0.3 is 9.88 Å². The van der Waals surface area contributed by atoms with Crippen LogP contribution in [0, 0.1) is 5.92 Å². The van der Waals surface area contributed by atoms with Gasteiger partial charge in [0.05, 0.1) is 35.2 Å². The summed E-state index contributed by atoms with van der Waals surface area (Å²) in [6.07, 6.45) is 7.69. The number of halogens is 4. The van der Waals surface area contributed by atoms with Crippen LogP contribution >= 0.6 is 23.2 Å². The topological polar surface area (TPSA) is 113 Å². The van der Waals surface area contributed by atoms with Gasteiger partial charge in [-0.1, -0.05) is 41.8 Å². The summed E-state index contributed by atoms with van der Waals surface area (Å²) in [5.41, 5.74) is 3.25. The quantitative estimate of drug-likeness (QED) is 0.241. The largest absolute Gasteiger partial charge is 0.350 e. The van der Waals surface area contributed by atoms with Crippen LogP contribution in [0.3, 0.4) is 0 Å². The number of rotatable bonds is 4. The molecule has 1 unspecified atom stereocenters. The molecule has 5 aromatic rings. The normalized spacial score (nSPS) is 17.1. The fourth-order valence-corrected chi connectivity index (χ4v) is 5.91. The van der Waals surface area contributed by atoms with Crippen molar-refractivity contribution in [2.75, 3.05) is 5.32 Å². The van der Waals surface area contributed by atoms with Crippen molar-refractivity contribution in [1.29, 1.82) is 0 Å². The Morgan fingerprint density at radius 2 is 1.89 bits per heavy atom. The summed E-state index contributed by atoms with van der Waals surface area (Å²) in [7, 11) is 1.82. The third kappa shape index (κ3) is 5.62. The van der Waals surface area contributed by atoms with E-state index in [1.54, 1.807) is 49.6 Å². The molecule has 44 heavy (non-hydrogen) atoms. The molecule has 0 saturated heterocycles. The molecule has 226 valence electrons. The van der Waals surface area contributed by atoms with Crippen LogP contribution in [0.25, 0.3) is 28.2 Å². The first-order valence-electron chi connectivity index (χ1n) is 13.8. The van der Waals surface area contributed by atoms with Gasteiger partial charge in [0.2, 0.25) is 5.91 Å². The molecule has 0 spiro atoms. The number of nitrogens with one attached hydrogen (secondary N) is 1. The van der Waals surface area contributed by atoms with Crippen molar-refractivity contribution in [3.63, 3.8) is 0 Å². The third-order valence-corrected chi connectivity index (χ3v) is 8.22. The molecule has 5 heterocycles. The van der Waals surface area contributed by atoms with Gasteiger partial charge in [0.1, 0.15) is 0 Å². The fraction of sp³-hybridized carbons (Fsp3) is 0.267. The molecule has 0 aliphatic carbocycles. The van der Waals surface area contributed by atoms with Crippen LogP contribution in [-0.2, 0) is 11.8 Å². The minimum Gasteiger partial charge on any atom is -0.350 e. The molecule has 2 bridgehead atoms. The lowest BCUT2D eigenvalue weighted by Gasteiger charge is -2.22. The van der Waals surface area contributed by atoms with Crippen molar-refractivity contribution >= 4 is 34.8 Å². The first kappa shape index (κ1) is 29.6. The number of pyridine rings is 2. The molecule has 1 amide bonds. The van der Waals surface area contributed by atoms with Gasteiger partial charge in [-0.2, -0.15) is 13.9 Å². The molecule has 0 radical (unpaired) electrons. The predicted octanol–water partition coefficient (Wildman–Crippen LogP) is 6.48. The number of hydrogen-bond acceptors (Lipinski definition) is 6. The van der Waals surface area contributed by atoms with Crippen molar-refractivity contribution in [3.8, 4) is 28.2 Å². The van der Waals surface area contributed by atoms with Crippen LogP contribution in [-0.4, -0.2) is 40.2 Å². The third-order valence-electron chi connectivity index (χ3n) is 7.81. The lowest BCUT2D eigenvalue weighted by atomic mass is 9.87. The molecular weight excluding hydrogens is 613 g/mol. The fourth-order valence-electron chi connectivity index (χ4n) is 5.61. The number of alkyl halides is 2. The van der Waals surface area contributed by atoms with Gasteiger partial charge in [-0.25, -0.2) is 9.36 Å². The number of anilines is 1. The number of carbonyl (C=O) groups is 1. The Hall–Kier alpha value is -4.42. The summed E-state index contributed by atoms with van der Waals surface area (Å²) in [6, 6.07) is 10.00. The number of nitrogens with zero attached hydrogens (tertiary/aromatic N) is 7. The van der Waals surface area contributed by atoms with E-state index < -0.39 is 18.4 Å². The van der Waals surface area contributed by atoms with Crippen LogP contribution in [0.2, 0.25) is 10.2 Å². The maximum Gasteiger partial charge on any atom is 0.333 e. The number of benzene rings is 1. The highest BCUT2D eigenvalue weighted by Gasteiger charge is 2.27. The van der Waals surface area contributed by atoms with E-state index in [9.17, 15) is 18.4 Å². The molecule has 1 aliphatic rings. The Morgan fingerprint density at radius 3 is 2.64 bits per heavy atom. The van der Waals surface area contributed by atoms with Crippen molar-refractivity contribution in [2.24, 2.45) is 13.0 Å². The lowest BCUT2D eigenvalue weighted by molar-refractivity contribution is -0.119. The van der Waals surface area contributed by atoms with E-state index >= 15 is 0 Å². The Balaban J connectivity index is 1.48. The molecule has 0 saturated carbocycles. The number of fused-ring (bicyclic) bond motifs is 4. The average molecular weight is 639 g/mol. The van der Waals surface area contributed by atoms with Gasteiger partial charge in [-0.15, -0.1) is 5.10 Å². The molecule has 10 nitrogen and oxygen atoms in total. The monoisotopic (exact) mass is 638 g/mol. The van der Waals surface area contributed by atoms with Crippen LogP contribution in [0.15, 0.2) is 66.0 Å². The second-order valence-electron chi connectivity index (χ2n) is 10.7. The molecule has 0 fully saturated rings. The Morgan fingerprint density at radius 1 is 1.07 bits per heavy atom. The maximum atomic E-state index is 14.0. The van der Waals surface area contributed by atoms with E-state index in [4.69, 9.17) is 23.2 Å². The number of aromatic nitrogens is 7. The molecule has 6 rings (SSSR count). The van der Waals surface area contributed by atoms with E-state index in [0.717, 1.165) is 0 Å². The van der Waals surface area contributed by atoms with Gasteiger partial charge in [0.25, 0.3) is 0 Å². The smallest absolute Gasteiger partial charge is 0.333 e. The summed E-state index contributed by atoms with van der Waals surface area (Å²) in [5, 5.41) is 15.2. The van der Waals surface area contributed by atoms with Crippen molar-refractivity contribution in [2.45, 2.75) is 38.7 Å². The zero-order chi connectivity index (χ0) is 31.1. The van der Waals surface area contributed by atoms with Crippen molar-refractivity contribution < 1.29 is 13.6 Å². The van der Waals surface area contributed by atoms with E-state index in [0.29, 0.717) is 62.7 Å². The molecule has 1 aromatic carbocycles. The van der Waals surface area contributed by atoms with Gasteiger partial charge in [-0.3, -0.25) is 14.6 Å². The number of aryl methyl sites for hydroxylation is 1. The Kier molecular flexibility index (Phi) is 8.04. The van der Waals surface area contributed by atoms with Gasteiger partial charge >= 0.3 is 6.55 Å². The minimum atomic E-state index is -2.93. The minimum absolute atomic E-state index is 0.0634. The van der Waals surface area contributed by atoms with Gasteiger partial charge in [0.15, 0.2) is 10.6 Å². The molecule has 1 N–H and O–H groups in total. The van der Waals surface area contributed by atoms with Gasteiger partial charge in [-0.05, 0) is 43.2 Å². The summed E-state index contributed by atoms with van der Waals surface area (Å²) in [5.74, 6) is -1.17. The highest BCUT2D eigenvalue weighted by atomic mass is 35.5. The number of amides is 1. The second-order valence-corrected chi connectivity index (χ2v) is 11.5. The standard InChI is InChI=1S/C30H26Cl2F2N8O2/c1-16-4-3-5-19(22-10-17(8-9-35-22)28-23(37-29(16)44)13-36-42(28)30(33)34)21-14-40(2)25(12-26(21)43)20-11-18(31)6-7-24(20)41-15-27(32)38-39-41/h6-16,19,30H,3-5H2,1-2H3,(H,37,44)/t16-,19?/m0/s1. The Bertz CT molecular complexity index is 1940. The molecule has 4 aromatic heterocycles. The van der Waals surface area contributed by atoms with Crippen LogP contribution < -0.4 is 10.7 Å².